The molecule has 0 aromatic rings. The lowest BCUT2D eigenvalue weighted by atomic mass is 9.97. The maximum Gasteiger partial charge on any atom is 0.408 e. The topological polar surface area (TPSA) is 328 Å². The third-order valence-electron chi connectivity index (χ3n) is 16.9. The van der Waals surface area contributed by atoms with Crippen molar-refractivity contribution in [3.63, 3.8) is 0 Å². The monoisotopic (exact) mass is 1460 g/mol. The summed E-state index contributed by atoms with van der Waals surface area (Å²) in [5.74, 6) is -3.34. The Kier molecular flexibility index (Phi) is 55.9. The second-order valence-corrected chi connectivity index (χ2v) is 31.8. The van der Waals surface area contributed by atoms with Gasteiger partial charge < -0.3 is 72.5 Å². The third kappa shape index (κ3) is 61.0. The van der Waals surface area contributed by atoms with Gasteiger partial charge in [0.1, 0.15) is 46.4 Å². The van der Waals surface area contributed by atoms with E-state index in [1.807, 2.05) is 4.90 Å². The molecule has 24 nitrogen and oxygen atoms in total. The van der Waals surface area contributed by atoms with Crippen molar-refractivity contribution in [1.82, 2.24) is 52.8 Å². The minimum Gasteiger partial charge on any atom is -0.444 e. The Morgan fingerprint density at radius 3 is 0.961 bits per heavy atom. The first-order valence-electron chi connectivity index (χ1n) is 40.2. The highest BCUT2D eigenvalue weighted by Crippen LogP contribution is 2.19. The second kappa shape index (κ2) is 59.3. The van der Waals surface area contributed by atoms with Crippen LogP contribution in [-0.2, 0) is 42.9 Å². The van der Waals surface area contributed by atoms with Crippen molar-refractivity contribution < 1.29 is 62.1 Å². The fraction of sp³-hybridized carbons (Fsp3) is 0.861. The van der Waals surface area contributed by atoms with Crippen LogP contribution in [0.25, 0.3) is 0 Å². The summed E-state index contributed by atoms with van der Waals surface area (Å²) < 4.78 is 21.7. The summed E-state index contributed by atoms with van der Waals surface area (Å²) in [5, 5.41) is 25.8. The van der Waals surface area contributed by atoms with Crippen LogP contribution in [0.2, 0.25) is 0 Å². The summed E-state index contributed by atoms with van der Waals surface area (Å²) in [5.41, 5.74) is 2.86. The zero-order valence-electron chi connectivity index (χ0n) is 67.3. The number of allylic oxidation sites excluding steroid dienone is 2. The van der Waals surface area contributed by atoms with Gasteiger partial charge in [-0.1, -0.05) is 161 Å². The SMILES string of the molecule is CCCCCCCC/C=C\CCCCCCCCNC(=O)[C@H](CCCCN)NC(=O)C(CCCCCCCCCCCCCC)C(=O)NCCN(CCNC(=O)[C@H](CCCCNC(=O)OC(C)(C)C)NC(=O)OC(C)(C)C)CCNC(=O)[C@H](CCCCNC(=O)OC(C)(C)C)NC(=O)OC(C)(C)C. The maximum absolute atomic E-state index is 14.5. The zero-order chi connectivity index (χ0) is 77.2. The van der Waals surface area contributed by atoms with E-state index in [1.165, 1.54) is 103 Å². The van der Waals surface area contributed by atoms with E-state index in [2.05, 4.69) is 73.9 Å². The van der Waals surface area contributed by atoms with Crippen LogP contribution in [0.1, 0.15) is 328 Å². The fourth-order valence-electron chi connectivity index (χ4n) is 11.4. The quantitative estimate of drug-likeness (QED) is 0.0117. The van der Waals surface area contributed by atoms with E-state index in [4.69, 9.17) is 24.7 Å². The molecule has 4 atom stereocenters. The largest absolute Gasteiger partial charge is 0.444 e. The number of nitrogens with one attached hydrogen (secondary N) is 9. The molecular weight excluding hydrogens is 1310 g/mol. The number of nitrogens with zero attached hydrogens (tertiary/aromatic N) is 1. The van der Waals surface area contributed by atoms with Crippen LogP contribution < -0.4 is 53.6 Å². The molecule has 0 aliphatic heterocycles. The average molecular weight is 1460 g/mol. The standard InChI is InChI=1S/C79H151N11O13/c1-15-17-19-21-23-25-27-29-30-31-32-34-36-38-40-46-54-81-69(93)64(50-42-45-53-80)87-68(92)63(49-41-39-37-35-33-28-26-24-22-20-18-16-2)67(91)82-57-60-90(61-58-83-70(94)65(88-74(98)102-78(9,10)11)51-43-47-55-85-72(96)100-76(3,4)5)62-59-84-71(95)66(89-75(99)103-79(12,13)14)52-44-48-56-86-73(97)101-77(6,7)8/h29-30,63-66H,15-28,31-62,80H2,1-14H3,(H,81,93)(H,82,91)(H,83,94)(H,84,95)(H,85,96)(H,86,97)(H,87,92)(H,88,98)(H,89,99)/b30-29-/t63?,64-,65-,66-/m0/s1. The van der Waals surface area contributed by atoms with E-state index in [-0.39, 0.29) is 77.5 Å². The Morgan fingerprint density at radius 1 is 0.311 bits per heavy atom. The number of hydrogen-bond donors (Lipinski definition) is 10. The summed E-state index contributed by atoms with van der Waals surface area (Å²) >= 11 is 0. The first-order chi connectivity index (χ1) is 48.8. The molecule has 0 aliphatic carbocycles. The predicted molar refractivity (Wildman–Crippen MR) is 414 cm³/mol. The van der Waals surface area contributed by atoms with Gasteiger partial charge in [-0.2, -0.15) is 0 Å². The van der Waals surface area contributed by atoms with Gasteiger partial charge in [-0.15, -0.1) is 0 Å². The molecule has 11 N–H and O–H groups in total. The van der Waals surface area contributed by atoms with E-state index in [1.54, 1.807) is 83.1 Å². The molecule has 0 fully saturated rings. The molecule has 9 amide bonds. The van der Waals surface area contributed by atoms with Crippen molar-refractivity contribution >= 4 is 53.9 Å². The number of ether oxygens (including phenoxy) is 4. The maximum atomic E-state index is 14.5. The molecule has 0 saturated heterocycles. The minimum absolute atomic E-state index is 0.0695. The van der Waals surface area contributed by atoms with Gasteiger partial charge in [0.25, 0.3) is 0 Å². The third-order valence-corrected chi connectivity index (χ3v) is 16.9. The van der Waals surface area contributed by atoms with Crippen molar-refractivity contribution in [1.29, 1.82) is 0 Å². The molecule has 0 saturated carbocycles. The number of amides is 9. The van der Waals surface area contributed by atoms with Crippen LogP contribution in [0.3, 0.4) is 0 Å². The average Bonchev–Trinajstić information content (AvgIpc) is 0.883. The van der Waals surface area contributed by atoms with E-state index in [0.717, 1.165) is 57.8 Å². The van der Waals surface area contributed by atoms with Crippen LogP contribution >= 0.6 is 0 Å². The summed E-state index contributed by atoms with van der Waals surface area (Å²) in [6, 6.07) is -2.87. The van der Waals surface area contributed by atoms with Crippen LogP contribution in [0.4, 0.5) is 19.2 Å². The van der Waals surface area contributed by atoms with E-state index >= 15 is 0 Å². The first kappa shape index (κ1) is 97.1. The lowest BCUT2D eigenvalue weighted by molar-refractivity contribution is -0.138. The highest BCUT2D eigenvalue weighted by Gasteiger charge is 2.31. The van der Waals surface area contributed by atoms with Crippen molar-refractivity contribution in [2.75, 3.05) is 65.4 Å². The Labute approximate surface area is 623 Å². The van der Waals surface area contributed by atoms with E-state index < -0.39 is 94.4 Å². The van der Waals surface area contributed by atoms with Gasteiger partial charge >= 0.3 is 24.4 Å². The van der Waals surface area contributed by atoms with Crippen LogP contribution in [0, 0.1) is 5.92 Å². The summed E-state index contributed by atoms with van der Waals surface area (Å²) in [6.45, 7) is 27.7. The minimum atomic E-state index is -1.10. The summed E-state index contributed by atoms with van der Waals surface area (Å²) in [4.78, 5) is 124. The van der Waals surface area contributed by atoms with Gasteiger partial charge in [-0.3, -0.25) is 28.9 Å². The molecule has 0 aromatic heterocycles. The normalized spacial score (nSPS) is 13.1. The van der Waals surface area contributed by atoms with Crippen molar-refractivity contribution in [3.05, 3.63) is 12.2 Å². The fourth-order valence-corrected chi connectivity index (χ4v) is 11.4. The van der Waals surface area contributed by atoms with Crippen LogP contribution in [0.5, 0.6) is 0 Å². The van der Waals surface area contributed by atoms with Gasteiger partial charge in [-0.25, -0.2) is 19.2 Å². The Bertz CT molecular complexity index is 2230. The molecule has 1 unspecified atom stereocenters. The molecule has 0 heterocycles. The Morgan fingerprint density at radius 2 is 0.592 bits per heavy atom. The Hall–Kier alpha value is -5.91. The number of carbonyl (C=O) groups is 9. The molecule has 0 radical (unpaired) electrons. The molecule has 0 bridgehead atoms. The van der Waals surface area contributed by atoms with Gasteiger partial charge in [0.2, 0.25) is 29.5 Å². The second-order valence-electron chi connectivity index (χ2n) is 31.8. The molecular formula is C79H151N11O13. The lowest BCUT2D eigenvalue weighted by Gasteiger charge is -2.26. The molecule has 103 heavy (non-hydrogen) atoms. The zero-order valence-corrected chi connectivity index (χ0v) is 67.3. The molecule has 24 heteroatoms. The number of nitrogens with two attached hydrogens (primary N) is 1. The predicted octanol–water partition coefficient (Wildman–Crippen LogP) is 14.3. The van der Waals surface area contributed by atoms with Gasteiger partial charge in [0.05, 0.1) is 0 Å². The number of hydrogen-bond acceptors (Lipinski definition) is 15. The molecule has 0 spiro atoms. The highest BCUT2D eigenvalue weighted by atomic mass is 16.6. The number of unbranched alkanes of at least 4 members (excludes halogenated alkanes) is 26. The molecule has 0 aliphatic rings. The highest BCUT2D eigenvalue weighted by molar-refractivity contribution is 6.01. The molecule has 600 valence electrons. The smallest absolute Gasteiger partial charge is 0.408 e. The van der Waals surface area contributed by atoms with E-state index in [9.17, 15) is 43.2 Å². The summed E-state index contributed by atoms with van der Waals surface area (Å²) in [7, 11) is 0. The van der Waals surface area contributed by atoms with E-state index in [0.29, 0.717) is 64.5 Å². The Balaban J connectivity index is 6.65. The van der Waals surface area contributed by atoms with Crippen molar-refractivity contribution in [2.45, 2.75) is 369 Å². The van der Waals surface area contributed by atoms with Crippen LogP contribution in [-0.4, -0.2) is 165 Å². The van der Waals surface area contributed by atoms with Gasteiger partial charge in [0, 0.05) is 58.9 Å². The lowest BCUT2D eigenvalue weighted by Crippen LogP contribution is -2.52. The van der Waals surface area contributed by atoms with Crippen LogP contribution in [0.15, 0.2) is 12.2 Å². The van der Waals surface area contributed by atoms with Gasteiger partial charge in [0.15, 0.2) is 0 Å². The molecule has 0 aromatic carbocycles. The number of rotatable bonds is 60. The molecule has 0 rings (SSSR count). The van der Waals surface area contributed by atoms with Crippen molar-refractivity contribution in [2.24, 2.45) is 11.7 Å². The van der Waals surface area contributed by atoms with Gasteiger partial charge in [-0.05, 0) is 186 Å². The van der Waals surface area contributed by atoms with Crippen molar-refractivity contribution in [3.8, 4) is 0 Å². The summed E-state index contributed by atoms with van der Waals surface area (Å²) in [6.07, 6.45) is 36.2. The number of carbonyl (C=O) groups excluding carboxylic acids is 9. The first-order valence-corrected chi connectivity index (χ1v) is 40.2. The number of alkyl carbamates (subject to hydrolysis) is 4.